The molecule has 4 nitrogen and oxygen atoms in total. The van der Waals surface area contributed by atoms with E-state index in [2.05, 4.69) is 0 Å². The van der Waals surface area contributed by atoms with Crippen LogP contribution >= 0.6 is 11.3 Å². The third kappa shape index (κ3) is 3.86. The Morgan fingerprint density at radius 3 is 2.69 bits per heavy atom. The number of carboxylic acids is 1. The molecular formula is C11H12O4S. The van der Waals surface area contributed by atoms with Crippen LogP contribution in [-0.2, 0) is 9.53 Å². The van der Waals surface area contributed by atoms with E-state index in [0.29, 0.717) is 9.75 Å². The van der Waals surface area contributed by atoms with E-state index in [1.54, 1.807) is 26.0 Å². The highest BCUT2D eigenvalue weighted by atomic mass is 32.1. The number of ether oxygens (including phenoxy) is 1. The standard InChI is InChI=1S/C11H12O4S/c1-7(2)15-11(14)9-5-3-8(16-9)4-6-10(12)13/h3-7H,1-2H3,(H,12,13). The van der Waals surface area contributed by atoms with Crippen LogP contribution in [0.1, 0.15) is 28.4 Å². The highest BCUT2D eigenvalue weighted by molar-refractivity contribution is 7.14. The van der Waals surface area contributed by atoms with Crippen molar-refractivity contribution in [3.8, 4) is 0 Å². The third-order valence-corrected chi connectivity index (χ3v) is 2.59. The molecule has 0 fully saturated rings. The fourth-order valence-electron chi connectivity index (χ4n) is 0.978. The van der Waals surface area contributed by atoms with Gasteiger partial charge in [-0.2, -0.15) is 0 Å². The number of esters is 1. The minimum Gasteiger partial charge on any atom is -0.478 e. The first-order valence-electron chi connectivity index (χ1n) is 4.71. The first-order chi connectivity index (χ1) is 7.49. The van der Waals surface area contributed by atoms with Crippen LogP contribution in [0.25, 0.3) is 6.08 Å². The lowest BCUT2D eigenvalue weighted by Crippen LogP contribution is -2.09. The molecule has 0 saturated carbocycles. The van der Waals surface area contributed by atoms with Gasteiger partial charge in [-0.05, 0) is 32.1 Å². The second-order valence-corrected chi connectivity index (χ2v) is 4.44. The van der Waals surface area contributed by atoms with Gasteiger partial charge in [-0.15, -0.1) is 11.3 Å². The predicted molar refractivity (Wildman–Crippen MR) is 61.5 cm³/mol. The van der Waals surface area contributed by atoms with Crippen molar-refractivity contribution in [1.82, 2.24) is 0 Å². The molecule has 0 atom stereocenters. The number of rotatable bonds is 4. The van der Waals surface area contributed by atoms with Gasteiger partial charge in [-0.1, -0.05) is 0 Å². The Morgan fingerprint density at radius 1 is 1.44 bits per heavy atom. The van der Waals surface area contributed by atoms with E-state index < -0.39 is 5.97 Å². The van der Waals surface area contributed by atoms with E-state index in [1.807, 2.05) is 0 Å². The lowest BCUT2D eigenvalue weighted by atomic mass is 10.4. The maximum Gasteiger partial charge on any atom is 0.348 e. The molecule has 5 heteroatoms. The minimum absolute atomic E-state index is 0.160. The van der Waals surface area contributed by atoms with Crippen LogP contribution in [0.5, 0.6) is 0 Å². The van der Waals surface area contributed by atoms with Crippen LogP contribution < -0.4 is 0 Å². The summed E-state index contributed by atoms with van der Waals surface area (Å²) in [6, 6.07) is 3.30. The zero-order valence-electron chi connectivity index (χ0n) is 8.97. The molecule has 16 heavy (non-hydrogen) atoms. The number of carbonyl (C=O) groups excluding carboxylic acids is 1. The fraction of sp³-hybridized carbons (Fsp3) is 0.273. The van der Waals surface area contributed by atoms with Crippen LogP contribution in [0, 0.1) is 0 Å². The van der Waals surface area contributed by atoms with Crippen molar-refractivity contribution in [2.45, 2.75) is 20.0 Å². The van der Waals surface area contributed by atoms with Crippen molar-refractivity contribution in [3.05, 3.63) is 28.0 Å². The lowest BCUT2D eigenvalue weighted by molar-refractivity contribution is -0.131. The lowest BCUT2D eigenvalue weighted by Gasteiger charge is -2.05. The first-order valence-corrected chi connectivity index (χ1v) is 5.52. The Hall–Kier alpha value is -1.62. The summed E-state index contributed by atoms with van der Waals surface area (Å²) in [6.07, 6.45) is 2.32. The molecule has 1 aromatic heterocycles. The van der Waals surface area contributed by atoms with E-state index in [9.17, 15) is 9.59 Å². The minimum atomic E-state index is -1.01. The average Bonchev–Trinajstić information content (AvgIpc) is 2.61. The molecule has 1 N–H and O–H groups in total. The number of thiophene rings is 1. The molecule has 0 unspecified atom stereocenters. The Labute approximate surface area is 97.2 Å². The highest BCUT2D eigenvalue weighted by Crippen LogP contribution is 2.19. The van der Waals surface area contributed by atoms with Gasteiger partial charge in [0.05, 0.1) is 6.10 Å². The quantitative estimate of drug-likeness (QED) is 0.648. The van der Waals surface area contributed by atoms with Crippen molar-refractivity contribution in [2.24, 2.45) is 0 Å². The first kappa shape index (κ1) is 12.4. The fourth-order valence-corrected chi connectivity index (χ4v) is 1.77. The molecule has 0 radical (unpaired) electrons. The maximum atomic E-state index is 11.5. The molecule has 1 aromatic rings. The third-order valence-electron chi connectivity index (χ3n) is 1.56. The van der Waals surface area contributed by atoms with E-state index in [4.69, 9.17) is 9.84 Å². The second-order valence-electron chi connectivity index (χ2n) is 3.33. The summed E-state index contributed by atoms with van der Waals surface area (Å²) in [5.74, 6) is -1.39. The number of carboxylic acid groups (broad SMARTS) is 1. The van der Waals surface area contributed by atoms with Gasteiger partial charge in [0, 0.05) is 11.0 Å². The van der Waals surface area contributed by atoms with Gasteiger partial charge >= 0.3 is 11.9 Å². The molecule has 0 spiro atoms. The molecule has 1 heterocycles. The molecule has 0 amide bonds. The monoisotopic (exact) mass is 240 g/mol. The van der Waals surface area contributed by atoms with Gasteiger partial charge in [0.2, 0.25) is 0 Å². The Morgan fingerprint density at radius 2 is 2.12 bits per heavy atom. The molecule has 86 valence electrons. The molecular weight excluding hydrogens is 228 g/mol. The number of hydrogen-bond acceptors (Lipinski definition) is 4. The van der Waals surface area contributed by atoms with Crippen LogP contribution in [0.2, 0.25) is 0 Å². The molecule has 0 saturated heterocycles. The van der Waals surface area contributed by atoms with Gasteiger partial charge in [-0.25, -0.2) is 9.59 Å². The second kappa shape index (κ2) is 5.46. The van der Waals surface area contributed by atoms with E-state index in [0.717, 1.165) is 6.08 Å². The Balaban J connectivity index is 2.71. The number of hydrogen-bond donors (Lipinski definition) is 1. The van der Waals surface area contributed by atoms with Crippen LogP contribution in [-0.4, -0.2) is 23.1 Å². The van der Waals surface area contributed by atoms with Crippen LogP contribution in [0.15, 0.2) is 18.2 Å². The summed E-state index contributed by atoms with van der Waals surface area (Å²) in [4.78, 5) is 22.9. The maximum absolute atomic E-state index is 11.5. The summed E-state index contributed by atoms with van der Waals surface area (Å²) in [7, 11) is 0. The van der Waals surface area contributed by atoms with Crippen LogP contribution in [0.4, 0.5) is 0 Å². The van der Waals surface area contributed by atoms with Crippen molar-refractivity contribution in [3.63, 3.8) is 0 Å². The van der Waals surface area contributed by atoms with Gasteiger partial charge < -0.3 is 9.84 Å². The van der Waals surface area contributed by atoms with Gasteiger partial charge in [0.1, 0.15) is 4.88 Å². The van der Waals surface area contributed by atoms with E-state index >= 15 is 0 Å². The number of aliphatic carboxylic acids is 1. The van der Waals surface area contributed by atoms with Gasteiger partial charge in [0.15, 0.2) is 0 Å². The Bertz CT molecular complexity index is 417. The van der Waals surface area contributed by atoms with E-state index in [-0.39, 0.29) is 12.1 Å². The van der Waals surface area contributed by atoms with Crippen molar-refractivity contribution in [1.29, 1.82) is 0 Å². The normalized spacial score (nSPS) is 10.9. The molecule has 0 aliphatic rings. The topological polar surface area (TPSA) is 63.6 Å². The molecule has 0 aromatic carbocycles. The number of carbonyl (C=O) groups is 2. The summed E-state index contributed by atoms with van der Waals surface area (Å²) in [5.41, 5.74) is 0. The van der Waals surface area contributed by atoms with Crippen LogP contribution in [0.3, 0.4) is 0 Å². The van der Waals surface area contributed by atoms with Crippen molar-refractivity contribution in [2.75, 3.05) is 0 Å². The van der Waals surface area contributed by atoms with Gasteiger partial charge in [0.25, 0.3) is 0 Å². The van der Waals surface area contributed by atoms with Gasteiger partial charge in [-0.3, -0.25) is 0 Å². The molecule has 0 aliphatic carbocycles. The van der Waals surface area contributed by atoms with Crippen molar-refractivity contribution < 1.29 is 19.4 Å². The molecule has 0 bridgehead atoms. The highest BCUT2D eigenvalue weighted by Gasteiger charge is 2.11. The zero-order valence-corrected chi connectivity index (χ0v) is 9.78. The predicted octanol–water partition coefficient (Wildman–Crippen LogP) is 2.41. The molecule has 1 rings (SSSR count). The van der Waals surface area contributed by atoms with Crippen molar-refractivity contribution >= 4 is 29.4 Å². The molecule has 0 aliphatic heterocycles. The summed E-state index contributed by atoms with van der Waals surface area (Å²) < 4.78 is 5.01. The van der Waals surface area contributed by atoms with E-state index in [1.165, 1.54) is 17.4 Å². The Kier molecular flexibility index (Phi) is 4.25. The smallest absolute Gasteiger partial charge is 0.348 e. The summed E-state index contributed by atoms with van der Waals surface area (Å²) in [6.45, 7) is 3.55. The summed E-state index contributed by atoms with van der Waals surface area (Å²) >= 11 is 1.20. The average molecular weight is 240 g/mol. The largest absolute Gasteiger partial charge is 0.478 e. The SMILES string of the molecule is CC(C)OC(=O)c1ccc(C=CC(=O)O)s1. The zero-order chi connectivity index (χ0) is 12.1. The summed E-state index contributed by atoms with van der Waals surface area (Å²) in [5, 5.41) is 8.44.